The molecule has 15 heavy (non-hydrogen) atoms. The van der Waals surface area contributed by atoms with E-state index in [4.69, 9.17) is 5.11 Å². The van der Waals surface area contributed by atoms with Gasteiger partial charge in [-0.15, -0.1) is 0 Å². The van der Waals surface area contributed by atoms with E-state index in [9.17, 15) is 4.79 Å². The largest absolute Gasteiger partial charge is 1.00 e. The zero-order chi connectivity index (χ0) is 10.2. The van der Waals surface area contributed by atoms with Crippen molar-refractivity contribution in [2.45, 2.75) is 32.1 Å². The molecule has 0 aliphatic rings. The van der Waals surface area contributed by atoms with Crippen LogP contribution in [0.2, 0.25) is 0 Å². The molecule has 0 fully saturated rings. The normalized spacial score (nSPS) is 9.33. The summed E-state index contributed by atoms with van der Waals surface area (Å²) in [6.45, 7) is 0. The van der Waals surface area contributed by atoms with Crippen LogP contribution in [0.1, 0.15) is 32.7 Å². The molecule has 0 radical (unpaired) electrons. The van der Waals surface area contributed by atoms with Crippen molar-refractivity contribution in [3.8, 4) is 0 Å². The average molecular weight is 232 g/mol. The summed E-state index contributed by atoms with van der Waals surface area (Å²) in [7, 11) is 0. The van der Waals surface area contributed by atoms with E-state index in [0.29, 0.717) is 6.42 Å². The Bertz CT molecular complexity index is 278. The van der Waals surface area contributed by atoms with Crippen molar-refractivity contribution < 1.29 is 62.7 Å². The Kier molecular flexibility index (Phi) is 9.75. The third kappa shape index (κ3) is 8.17. The predicted octanol–water partition coefficient (Wildman–Crippen LogP) is -0.00940. The molecule has 78 valence electrons. The van der Waals surface area contributed by atoms with Gasteiger partial charge in [0.05, 0.1) is 0 Å². The van der Waals surface area contributed by atoms with E-state index in [2.05, 4.69) is 12.1 Å². The number of hydrogen-bond acceptors (Lipinski definition) is 1. The molecule has 1 N–H and O–H groups in total. The maximum absolute atomic E-state index is 10.2. The smallest absolute Gasteiger partial charge is 1.00 e. The molecule has 0 bridgehead atoms. The van der Waals surface area contributed by atoms with Crippen molar-refractivity contribution in [1.82, 2.24) is 0 Å². The van der Waals surface area contributed by atoms with Gasteiger partial charge in [-0.05, 0) is 24.8 Å². The summed E-state index contributed by atoms with van der Waals surface area (Å²) in [5.41, 5.74) is 1.34. The van der Waals surface area contributed by atoms with Crippen molar-refractivity contribution in [2.75, 3.05) is 0 Å². The fraction of sp³-hybridized carbons (Fsp3) is 0.417. The Morgan fingerprint density at radius 3 is 2.40 bits per heavy atom. The van der Waals surface area contributed by atoms with Crippen LogP contribution < -0.4 is 51.4 Å². The average Bonchev–Trinajstić information content (AvgIpc) is 2.18. The maximum atomic E-state index is 10.2. The second kappa shape index (κ2) is 9.55. The van der Waals surface area contributed by atoms with Crippen LogP contribution in [-0.2, 0) is 11.2 Å². The van der Waals surface area contributed by atoms with Gasteiger partial charge in [-0.2, -0.15) is 0 Å². The summed E-state index contributed by atoms with van der Waals surface area (Å²) < 4.78 is 0. The Morgan fingerprint density at radius 1 is 1.13 bits per heavy atom. The van der Waals surface area contributed by atoms with E-state index in [1.807, 2.05) is 18.2 Å². The monoisotopic (exact) mass is 232 g/mol. The predicted molar refractivity (Wildman–Crippen MR) is 57.4 cm³/mol. The fourth-order valence-corrected chi connectivity index (χ4v) is 1.43. The van der Waals surface area contributed by atoms with Crippen LogP contribution in [0.4, 0.5) is 0 Å². The first-order valence-corrected chi connectivity index (χ1v) is 5.05. The Hall–Kier alpha value is 0.326. The van der Waals surface area contributed by atoms with Crippen LogP contribution in [0.3, 0.4) is 0 Å². The number of carboxylic acids is 1. The molecule has 1 aromatic carbocycles. The van der Waals surface area contributed by atoms with Gasteiger partial charge < -0.3 is 6.53 Å². The molecule has 0 heterocycles. The molecule has 0 aliphatic heterocycles. The van der Waals surface area contributed by atoms with Gasteiger partial charge in [-0.25, -0.2) is 0 Å². The number of carbonyl (C=O) groups is 1. The minimum atomic E-state index is -0.690. The van der Waals surface area contributed by atoms with Crippen LogP contribution in [-0.4, -0.2) is 11.1 Å². The van der Waals surface area contributed by atoms with Crippen molar-refractivity contribution in [2.24, 2.45) is 0 Å². The molecule has 0 saturated heterocycles. The van der Waals surface area contributed by atoms with Crippen LogP contribution in [0.25, 0.3) is 0 Å². The molecule has 0 saturated carbocycles. The first-order chi connectivity index (χ1) is 6.79. The topological polar surface area (TPSA) is 37.3 Å². The van der Waals surface area contributed by atoms with Gasteiger partial charge in [-0.3, -0.25) is 4.79 Å². The molecule has 1 aromatic rings. The fourth-order valence-electron chi connectivity index (χ4n) is 1.43. The van der Waals surface area contributed by atoms with Crippen molar-refractivity contribution in [3.05, 3.63) is 35.9 Å². The molecule has 0 spiro atoms. The number of unbranched alkanes of at least 4 members (excludes halogenated alkanes) is 2. The summed E-state index contributed by atoms with van der Waals surface area (Å²) in [6.07, 6.45) is 4.23. The van der Waals surface area contributed by atoms with Crippen molar-refractivity contribution in [3.63, 3.8) is 0 Å². The minimum absolute atomic E-state index is 0. The Balaban J connectivity index is 0. The van der Waals surface area contributed by atoms with Gasteiger partial charge in [0.15, 0.2) is 0 Å². The van der Waals surface area contributed by atoms with Crippen LogP contribution in [0.15, 0.2) is 30.3 Å². The Labute approximate surface area is 135 Å². The molecule has 0 amide bonds. The van der Waals surface area contributed by atoms with Crippen molar-refractivity contribution in [1.29, 1.82) is 0 Å². The molecular weight excluding hydrogens is 215 g/mol. The minimum Gasteiger partial charge on any atom is -1.00 e. The van der Waals surface area contributed by atoms with Gasteiger partial charge in [0.2, 0.25) is 0 Å². The van der Waals surface area contributed by atoms with Gasteiger partial charge in [0, 0.05) is 6.42 Å². The Morgan fingerprint density at radius 2 is 1.80 bits per heavy atom. The van der Waals surface area contributed by atoms with E-state index in [0.717, 1.165) is 25.7 Å². The first-order valence-electron chi connectivity index (χ1n) is 5.05. The molecule has 3 heteroatoms. The number of aliphatic carboxylic acids is 1. The van der Waals surface area contributed by atoms with Crippen LogP contribution in [0, 0.1) is 0 Å². The van der Waals surface area contributed by atoms with Gasteiger partial charge >= 0.3 is 57.4 Å². The second-order valence-electron chi connectivity index (χ2n) is 3.44. The van der Waals surface area contributed by atoms with Crippen LogP contribution in [0.5, 0.6) is 0 Å². The molecule has 1 rings (SSSR count). The van der Waals surface area contributed by atoms with Gasteiger partial charge in [0.25, 0.3) is 0 Å². The van der Waals surface area contributed by atoms with Gasteiger partial charge in [0.1, 0.15) is 0 Å². The molecule has 0 atom stereocenters. The number of carboxylic acid groups (broad SMARTS) is 1. The molecular formula is C12H17KO2. The van der Waals surface area contributed by atoms with E-state index in [1.54, 1.807) is 0 Å². The number of aryl methyl sites for hydroxylation is 1. The maximum Gasteiger partial charge on any atom is 1.00 e. The van der Waals surface area contributed by atoms with E-state index < -0.39 is 5.97 Å². The van der Waals surface area contributed by atoms with Gasteiger partial charge in [-0.1, -0.05) is 36.8 Å². The molecule has 2 nitrogen and oxygen atoms in total. The summed E-state index contributed by atoms with van der Waals surface area (Å²) in [6, 6.07) is 10.3. The number of benzene rings is 1. The van der Waals surface area contributed by atoms with Crippen molar-refractivity contribution >= 4 is 5.97 Å². The third-order valence-electron chi connectivity index (χ3n) is 2.20. The van der Waals surface area contributed by atoms with E-state index >= 15 is 0 Å². The number of hydrogen-bond donors (Lipinski definition) is 1. The van der Waals surface area contributed by atoms with E-state index in [1.165, 1.54) is 5.56 Å². The first kappa shape index (κ1) is 15.3. The summed E-state index contributed by atoms with van der Waals surface area (Å²) >= 11 is 0. The zero-order valence-electron chi connectivity index (χ0n) is 10.3. The quantitative estimate of drug-likeness (QED) is 0.553. The summed E-state index contributed by atoms with van der Waals surface area (Å²) in [5.74, 6) is -0.690. The van der Waals surface area contributed by atoms with E-state index in [-0.39, 0.29) is 52.8 Å². The summed E-state index contributed by atoms with van der Waals surface area (Å²) in [4.78, 5) is 10.2. The third-order valence-corrected chi connectivity index (χ3v) is 2.20. The number of rotatable bonds is 6. The second-order valence-corrected chi connectivity index (χ2v) is 3.44. The molecule has 0 aromatic heterocycles. The standard InChI is InChI=1S/C12H16O2.K.H/c13-12(14)10-6-2-5-9-11-7-3-1-4-8-11;;/h1,3-4,7-8H,2,5-6,9-10H2,(H,13,14);;/q;+1;-1. The SMILES string of the molecule is O=C(O)CCCCCc1ccccc1.[H-].[K+]. The zero-order valence-corrected chi connectivity index (χ0v) is 12.4. The molecule has 0 aliphatic carbocycles. The molecule has 0 unspecified atom stereocenters. The van der Waals surface area contributed by atoms with Crippen LogP contribution >= 0.6 is 0 Å². The summed E-state index contributed by atoms with van der Waals surface area (Å²) in [5, 5.41) is 8.43.